The van der Waals surface area contributed by atoms with Gasteiger partial charge in [0.15, 0.2) is 0 Å². The second-order valence-corrected chi connectivity index (χ2v) is 3.53. The van der Waals surface area contributed by atoms with Crippen molar-refractivity contribution >= 4 is 21.6 Å². The minimum absolute atomic E-state index is 0.584. The number of anilines is 1. The molecule has 0 aromatic carbocycles. The van der Waals surface area contributed by atoms with Crippen LogP contribution in [-0.4, -0.2) is 11.5 Å². The average Bonchev–Trinajstić information content (AvgIpc) is 2.15. The number of pyridine rings is 1. The number of halogens is 1. The Morgan fingerprint density at radius 3 is 3.15 bits per heavy atom. The molecule has 3 nitrogen and oxygen atoms in total. The molecule has 0 unspecified atom stereocenters. The summed E-state index contributed by atoms with van der Waals surface area (Å²) in [6.07, 6.45) is 3.21. The van der Waals surface area contributed by atoms with Crippen LogP contribution in [0.5, 0.6) is 0 Å². The van der Waals surface area contributed by atoms with Gasteiger partial charge < -0.3 is 5.32 Å². The van der Waals surface area contributed by atoms with Gasteiger partial charge in [0.05, 0.1) is 17.4 Å². The highest BCUT2D eigenvalue weighted by Crippen LogP contribution is 2.12. The van der Waals surface area contributed by atoms with Gasteiger partial charge >= 0.3 is 0 Å². The Kier molecular flexibility index (Phi) is 3.47. The van der Waals surface area contributed by atoms with Crippen molar-refractivity contribution in [2.45, 2.75) is 0 Å². The smallest absolute Gasteiger partial charge is 0.101 e. The van der Waals surface area contributed by atoms with Crippen LogP contribution in [0.25, 0.3) is 0 Å². The van der Waals surface area contributed by atoms with Gasteiger partial charge in [-0.1, -0.05) is 22.5 Å². The lowest BCUT2D eigenvalue weighted by atomic mass is 10.2. The molecule has 13 heavy (non-hydrogen) atoms. The Hall–Kier alpha value is -1.34. The molecule has 0 amide bonds. The summed E-state index contributed by atoms with van der Waals surface area (Å²) in [5, 5.41) is 11.8. The lowest BCUT2D eigenvalue weighted by Gasteiger charge is -2.05. The van der Waals surface area contributed by atoms with Crippen LogP contribution < -0.4 is 5.32 Å². The van der Waals surface area contributed by atoms with Crippen molar-refractivity contribution in [3.8, 4) is 6.07 Å². The van der Waals surface area contributed by atoms with E-state index in [0.29, 0.717) is 12.1 Å². The monoisotopic (exact) mass is 237 g/mol. The van der Waals surface area contributed by atoms with Crippen molar-refractivity contribution < 1.29 is 0 Å². The average molecular weight is 238 g/mol. The molecule has 66 valence electrons. The highest BCUT2D eigenvalue weighted by Gasteiger charge is 1.99. The molecule has 0 spiro atoms. The van der Waals surface area contributed by atoms with E-state index >= 15 is 0 Å². The molecule has 0 aliphatic heterocycles. The second kappa shape index (κ2) is 4.63. The number of nitriles is 1. The van der Waals surface area contributed by atoms with E-state index in [1.807, 2.05) is 0 Å². The Balaban J connectivity index is 2.77. The first kappa shape index (κ1) is 9.75. The molecular formula is C9H8BrN3. The van der Waals surface area contributed by atoms with Crippen molar-refractivity contribution in [2.75, 3.05) is 11.9 Å². The predicted molar refractivity (Wildman–Crippen MR) is 55.5 cm³/mol. The molecule has 0 aliphatic carbocycles. The van der Waals surface area contributed by atoms with Gasteiger partial charge in [-0.2, -0.15) is 5.26 Å². The second-order valence-electron chi connectivity index (χ2n) is 2.40. The maximum Gasteiger partial charge on any atom is 0.101 e. The van der Waals surface area contributed by atoms with Gasteiger partial charge in [-0.05, 0) is 6.07 Å². The van der Waals surface area contributed by atoms with Crippen molar-refractivity contribution in [3.05, 3.63) is 35.1 Å². The van der Waals surface area contributed by atoms with Gasteiger partial charge in [-0.3, -0.25) is 4.98 Å². The lowest BCUT2D eigenvalue weighted by Crippen LogP contribution is -2.02. The van der Waals surface area contributed by atoms with Crippen LogP contribution >= 0.6 is 15.9 Å². The fourth-order valence-corrected chi connectivity index (χ4v) is 0.964. The van der Waals surface area contributed by atoms with Gasteiger partial charge in [0, 0.05) is 17.2 Å². The number of rotatable bonds is 3. The standard InChI is InChI=1S/C9H8BrN3/c1-7(10)5-13-9-6-12-3-2-8(9)4-11/h2-3,6,13H,1,5H2. The van der Waals surface area contributed by atoms with Gasteiger partial charge in [-0.15, -0.1) is 0 Å². The van der Waals surface area contributed by atoms with Crippen LogP contribution in [0.1, 0.15) is 5.56 Å². The van der Waals surface area contributed by atoms with E-state index in [1.165, 1.54) is 0 Å². The van der Waals surface area contributed by atoms with Crippen LogP contribution in [0.2, 0.25) is 0 Å². The fourth-order valence-electron chi connectivity index (χ4n) is 0.824. The molecule has 1 N–H and O–H groups in total. The largest absolute Gasteiger partial charge is 0.378 e. The normalized spacial score (nSPS) is 8.92. The molecular weight excluding hydrogens is 230 g/mol. The summed E-state index contributed by atoms with van der Waals surface area (Å²) in [6, 6.07) is 3.74. The highest BCUT2D eigenvalue weighted by atomic mass is 79.9. The first-order valence-electron chi connectivity index (χ1n) is 3.65. The quantitative estimate of drug-likeness (QED) is 0.878. The minimum Gasteiger partial charge on any atom is -0.378 e. The molecule has 0 fully saturated rings. The van der Waals surface area contributed by atoms with E-state index in [2.05, 4.69) is 38.9 Å². The molecule has 0 saturated heterocycles. The lowest BCUT2D eigenvalue weighted by molar-refractivity contribution is 1.25. The van der Waals surface area contributed by atoms with E-state index in [4.69, 9.17) is 5.26 Å². The third kappa shape index (κ3) is 2.88. The Morgan fingerprint density at radius 1 is 1.77 bits per heavy atom. The molecule has 1 aromatic heterocycles. The summed E-state index contributed by atoms with van der Waals surface area (Å²) in [4.78, 5) is 3.91. The van der Waals surface area contributed by atoms with Crippen LogP contribution in [-0.2, 0) is 0 Å². The highest BCUT2D eigenvalue weighted by molar-refractivity contribution is 9.11. The van der Waals surface area contributed by atoms with Crippen molar-refractivity contribution in [1.29, 1.82) is 5.26 Å². The first-order valence-corrected chi connectivity index (χ1v) is 4.44. The molecule has 0 saturated carbocycles. The molecule has 0 bridgehead atoms. The maximum absolute atomic E-state index is 8.73. The fraction of sp³-hybridized carbons (Fsp3) is 0.111. The van der Waals surface area contributed by atoms with E-state index in [0.717, 1.165) is 10.2 Å². The summed E-state index contributed by atoms with van der Waals surface area (Å²) in [7, 11) is 0. The Labute approximate surface area is 85.2 Å². The molecule has 1 heterocycles. The van der Waals surface area contributed by atoms with Crippen molar-refractivity contribution in [1.82, 2.24) is 4.98 Å². The van der Waals surface area contributed by atoms with Crippen molar-refractivity contribution in [2.24, 2.45) is 0 Å². The molecule has 4 heteroatoms. The number of nitrogens with zero attached hydrogens (tertiary/aromatic N) is 2. The van der Waals surface area contributed by atoms with Crippen LogP contribution in [0, 0.1) is 11.3 Å². The maximum atomic E-state index is 8.73. The Morgan fingerprint density at radius 2 is 2.54 bits per heavy atom. The summed E-state index contributed by atoms with van der Waals surface area (Å²) in [5.74, 6) is 0. The number of aromatic nitrogens is 1. The van der Waals surface area contributed by atoms with Gasteiger partial charge in [0.25, 0.3) is 0 Å². The van der Waals surface area contributed by atoms with E-state index < -0.39 is 0 Å². The van der Waals surface area contributed by atoms with Crippen LogP contribution in [0.15, 0.2) is 29.5 Å². The van der Waals surface area contributed by atoms with Gasteiger partial charge in [0.1, 0.15) is 6.07 Å². The van der Waals surface area contributed by atoms with Crippen LogP contribution in [0.4, 0.5) is 5.69 Å². The minimum atomic E-state index is 0.584. The van der Waals surface area contributed by atoms with E-state index in [1.54, 1.807) is 18.5 Å². The summed E-state index contributed by atoms with van der Waals surface area (Å²) >= 11 is 3.22. The molecule has 1 aromatic rings. The molecule has 1 rings (SSSR count). The number of hydrogen-bond donors (Lipinski definition) is 1. The van der Waals surface area contributed by atoms with E-state index in [9.17, 15) is 0 Å². The summed E-state index contributed by atoms with van der Waals surface area (Å²) in [5.41, 5.74) is 1.31. The third-order valence-corrected chi connectivity index (χ3v) is 1.69. The Bertz CT molecular complexity index is 354. The topological polar surface area (TPSA) is 48.7 Å². The first-order chi connectivity index (χ1) is 6.24. The van der Waals surface area contributed by atoms with Crippen LogP contribution in [0.3, 0.4) is 0 Å². The molecule has 0 radical (unpaired) electrons. The van der Waals surface area contributed by atoms with E-state index in [-0.39, 0.29) is 0 Å². The SMILES string of the molecule is C=C(Br)CNc1cnccc1C#N. The number of nitrogens with one attached hydrogen (secondary N) is 1. The zero-order valence-corrected chi connectivity index (χ0v) is 8.50. The van der Waals surface area contributed by atoms with Crippen molar-refractivity contribution in [3.63, 3.8) is 0 Å². The van der Waals surface area contributed by atoms with Gasteiger partial charge in [0.2, 0.25) is 0 Å². The third-order valence-electron chi connectivity index (χ3n) is 1.41. The molecule has 0 aliphatic rings. The summed E-state index contributed by atoms with van der Waals surface area (Å²) < 4.78 is 0.834. The predicted octanol–water partition coefficient (Wildman–Crippen LogP) is 2.27. The number of hydrogen-bond acceptors (Lipinski definition) is 3. The van der Waals surface area contributed by atoms with Gasteiger partial charge in [-0.25, -0.2) is 0 Å². The zero-order valence-electron chi connectivity index (χ0n) is 6.92. The summed E-state index contributed by atoms with van der Waals surface area (Å²) in [6.45, 7) is 4.26. The zero-order chi connectivity index (χ0) is 9.68. The molecule has 0 atom stereocenters.